The van der Waals surface area contributed by atoms with E-state index in [9.17, 15) is 0 Å². The number of pyridine rings is 1. The lowest BCUT2D eigenvalue weighted by Gasteiger charge is -2.01. The normalized spacial score (nSPS) is 10.3. The first-order chi connectivity index (χ1) is 7.15. The predicted molar refractivity (Wildman–Crippen MR) is 63.0 cm³/mol. The van der Waals surface area contributed by atoms with Gasteiger partial charge in [0.05, 0.1) is 5.69 Å². The number of hydrogen-bond donors (Lipinski definition) is 0. The predicted octanol–water partition coefficient (Wildman–Crippen LogP) is 3.61. The molecule has 0 radical (unpaired) electrons. The fourth-order valence-electron chi connectivity index (χ4n) is 1.07. The Morgan fingerprint density at radius 1 is 1.13 bits per heavy atom. The van der Waals surface area contributed by atoms with Crippen molar-refractivity contribution in [2.24, 2.45) is 0 Å². The van der Waals surface area contributed by atoms with Gasteiger partial charge in [-0.2, -0.15) is 0 Å². The summed E-state index contributed by atoms with van der Waals surface area (Å²) < 4.78 is 0.762. The van der Waals surface area contributed by atoms with Gasteiger partial charge >= 0.3 is 0 Å². The van der Waals surface area contributed by atoms with Crippen LogP contribution in [0, 0.1) is 0 Å². The van der Waals surface area contributed by atoms with Crippen molar-refractivity contribution in [1.29, 1.82) is 0 Å². The van der Waals surface area contributed by atoms with Gasteiger partial charge in [0.2, 0.25) is 5.28 Å². The molecule has 0 aliphatic rings. The average molecular weight is 305 g/mol. The van der Waals surface area contributed by atoms with E-state index in [4.69, 9.17) is 23.2 Å². The molecule has 0 atom stereocenters. The molecule has 0 spiro atoms. The minimum absolute atomic E-state index is 0.125. The molecule has 6 heteroatoms. The van der Waals surface area contributed by atoms with Crippen molar-refractivity contribution in [1.82, 2.24) is 15.0 Å². The van der Waals surface area contributed by atoms with Crippen LogP contribution in [0.3, 0.4) is 0 Å². The Bertz CT molecular complexity index is 467. The van der Waals surface area contributed by atoms with Crippen molar-refractivity contribution < 1.29 is 0 Å². The van der Waals surface area contributed by atoms with Gasteiger partial charge in [-0.3, -0.25) is 0 Å². The van der Waals surface area contributed by atoms with Crippen LogP contribution in [0.25, 0.3) is 11.3 Å². The van der Waals surface area contributed by atoms with Gasteiger partial charge in [0, 0.05) is 17.8 Å². The molecule has 0 aromatic carbocycles. The molecular formula is C9H4BrCl2N3. The van der Waals surface area contributed by atoms with Gasteiger partial charge in [-0.15, -0.1) is 0 Å². The lowest BCUT2D eigenvalue weighted by Crippen LogP contribution is -1.89. The molecule has 0 N–H and O–H groups in total. The summed E-state index contributed by atoms with van der Waals surface area (Å²) in [6.45, 7) is 0. The van der Waals surface area contributed by atoms with Crippen LogP contribution in [-0.4, -0.2) is 15.0 Å². The van der Waals surface area contributed by atoms with E-state index in [1.807, 2.05) is 12.1 Å². The molecule has 0 aliphatic carbocycles. The molecule has 0 saturated carbocycles. The maximum absolute atomic E-state index is 5.77. The summed E-state index contributed by atoms with van der Waals surface area (Å²) in [6.07, 6.45) is 1.68. The van der Waals surface area contributed by atoms with Crippen molar-refractivity contribution in [2.45, 2.75) is 0 Å². The summed E-state index contributed by atoms with van der Waals surface area (Å²) in [5, 5.41) is 0.438. The third-order valence-electron chi connectivity index (χ3n) is 1.69. The van der Waals surface area contributed by atoms with Crippen LogP contribution in [0.4, 0.5) is 0 Å². The second kappa shape index (κ2) is 4.43. The lowest BCUT2D eigenvalue weighted by atomic mass is 10.2. The molecule has 0 aliphatic heterocycles. The second-order valence-electron chi connectivity index (χ2n) is 2.71. The van der Waals surface area contributed by atoms with Crippen molar-refractivity contribution in [2.75, 3.05) is 0 Å². The highest BCUT2D eigenvalue weighted by Gasteiger charge is 2.04. The zero-order valence-electron chi connectivity index (χ0n) is 7.28. The van der Waals surface area contributed by atoms with Crippen LogP contribution in [0.1, 0.15) is 0 Å². The summed E-state index contributed by atoms with van der Waals surface area (Å²) >= 11 is 14.7. The Balaban J connectivity index is 2.49. The molecule has 2 heterocycles. The van der Waals surface area contributed by atoms with Gasteiger partial charge in [0.15, 0.2) is 0 Å². The highest BCUT2D eigenvalue weighted by atomic mass is 79.9. The molecule has 76 valence electrons. The molecule has 0 fully saturated rings. The molecule has 3 nitrogen and oxygen atoms in total. The molecule has 2 aromatic heterocycles. The van der Waals surface area contributed by atoms with Crippen molar-refractivity contribution in [3.05, 3.63) is 39.4 Å². The quantitative estimate of drug-likeness (QED) is 0.459. The Morgan fingerprint density at radius 2 is 1.93 bits per heavy atom. The molecule has 15 heavy (non-hydrogen) atoms. The van der Waals surface area contributed by atoms with E-state index in [1.54, 1.807) is 12.3 Å². The number of aromatic nitrogens is 3. The Morgan fingerprint density at radius 3 is 2.53 bits per heavy atom. The molecular weight excluding hydrogens is 301 g/mol. The second-order valence-corrected chi connectivity index (χ2v) is 4.25. The highest BCUT2D eigenvalue weighted by molar-refractivity contribution is 9.10. The SMILES string of the molecule is Clc1cc(-c2ccc(Br)nc2)nc(Cl)n1. The van der Waals surface area contributed by atoms with E-state index in [1.165, 1.54) is 0 Å². The van der Waals surface area contributed by atoms with Crippen LogP contribution in [-0.2, 0) is 0 Å². The summed E-state index contributed by atoms with van der Waals surface area (Å²) in [6, 6.07) is 5.32. The van der Waals surface area contributed by atoms with Gasteiger partial charge in [-0.05, 0) is 39.7 Å². The van der Waals surface area contributed by atoms with Gasteiger partial charge in [-0.1, -0.05) is 11.6 Å². The van der Waals surface area contributed by atoms with E-state index < -0.39 is 0 Å². The molecule has 2 aromatic rings. The zero-order chi connectivity index (χ0) is 10.8. The van der Waals surface area contributed by atoms with Crippen LogP contribution in [0.2, 0.25) is 10.4 Å². The van der Waals surface area contributed by atoms with Crippen LogP contribution in [0.15, 0.2) is 29.0 Å². The third-order valence-corrected chi connectivity index (χ3v) is 2.52. The van der Waals surface area contributed by atoms with Gasteiger partial charge in [0.25, 0.3) is 0 Å². The minimum Gasteiger partial charge on any atom is -0.249 e. The Labute approximate surface area is 105 Å². The summed E-state index contributed by atoms with van der Waals surface area (Å²) in [5.74, 6) is 0. The Kier molecular flexibility index (Phi) is 3.19. The van der Waals surface area contributed by atoms with Crippen LogP contribution < -0.4 is 0 Å². The standard InChI is InChI=1S/C9H4BrCl2N3/c10-7-2-1-5(4-13-7)6-3-8(11)15-9(12)14-6/h1-4H. The topological polar surface area (TPSA) is 38.7 Å². The number of hydrogen-bond acceptors (Lipinski definition) is 3. The fourth-order valence-corrected chi connectivity index (χ4v) is 1.71. The van der Waals surface area contributed by atoms with E-state index >= 15 is 0 Å². The first-order valence-corrected chi connectivity index (χ1v) is 5.52. The largest absolute Gasteiger partial charge is 0.249 e. The van der Waals surface area contributed by atoms with E-state index in [0.717, 1.165) is 10.2 Å². The summed E-state index contributed by atoms with van der Waals surface area (Å²) in [4.78, 5) is 11.9. The number of halogens is 3. The molecule has 2 rings (SSSR count). The van der Waals surface area contributed by atoms with Gasteiger partial charge in [0.1, 0.15) is 9.76 Å². The van der Waals surface area contributed by atoms with Crippen molar-refractivity contribution in [3.63, 3.8) is 0 Å². The van der Waals surface area contributed by atoms with Crippen molar-refractivity contribution >= 4 is 39.1 Å². The monoisotopic (exact) mass is 303 g/mol. The summed E-state index contributed by atoms with van der Waals surface area (Å²) in [5.41, 5.74) is 1.49. The summed E-state index contributed by atoms with van der Waals surface area (Å²) in [7, 11) is 0. The van der Waals surface area contributed by atoms with E-state index in [2.05, 4.69) is 30.9 Å². The van der Waals surface area contributed by atoms with Crippen LogP contribution >= 0.6 is 39.1 Å². The minimum atomic E-state index is 0.125. The molecule has 0 amide bonds. The highest BCUT2D eigenvalue weighted by Crippen LogP contribution is 2.21. The first-order valence-electron chi connectivity index (χ1n) is 3.97. The van der Waals surface area contributed by atoms with Crippen LogP contribution in [0.5, 0.6) is 0 Å². The third kappa shape index (κ3) is 2.65. The number of rotatable bonds is 1. The fraction of sp³-hybridized carbons (Fsp3) is 0. The maximum atomic E-state index is 5.77. The Hall–Kier alpha value is -0.710. The average Bonchev–Trinajstić information content (AvgIpc) is 2.17. The van der Waals surface area contributed by atoms with E-state index in [0.29, 0.717) is 10.8 Å². The molecule has 0 bridgehead atoms. The van der Waals surface area contributed by atoms with Crippen molar-refractivity contribution in [3.8, 4) is 11.3 Å². The lowest BCUT2D eigenvalue weighted by molar-refractivity contribution is 1.16. The van der Waals surface area contributed by atoms with Gasteiger partial charge in [-0.25, -0.2) is 15.0 Å². The maximum Gasteiger partial charge on any atom is 0.224 e. The smallest absolute Gasteiger partial charge is 0.224 e. The number of nitrogens with zero attached hydrogens (tertiary/aromatic N) is 3. The van der Waals surface area contributed by atoms with Gasteiger partial charge < -0.3 is 0 Å². The first kappa shape index (κ1) is 10.8. The van der Waals surface area contributed by atoms with E-state index in [-0.39, 0.29) is 5.28 Å². The zero-order valence-corrected chi connectivity index (χ0v) is 10.4. The molecule has 0 unspecified atom stereocenters. The molecule has 0 saturated heterocycles.